The monoisotopic (exact) mass is 283 g/mol. The van der Waals surface area contributed by atoms with Crippen LogP contribution in [0.4, 0.5) is 4.39 Å². The molecule has 0 heterocycles. The average Bonchev–Trinajstić information content (AvgIpc) is 2.39. The Morgan fingerprint density at radius 2 is 2.00 bits per heavy atom. The Balaban J connectivity index is 2.17. The largest absolute Gasteiger partial charge is 0.313 e. The van der Waals surface area contributed by atoms with E-state index in [9.17, 15) is 4.39 Å². The van der Waals surface area contributed by atoms with Gasteiger partial charge in [-0.1, -0.05) is 37.9 Å². The van der Waals surface area contributed by atoms with Crippen molar-refractivity contribution in [1.29, 1.82) is 0 Å². The van der Waals surface area contributed by atoms with Gasteiger partial charge in [0.15, 0.2) is 0 Å². The first-order valence-electron chi connectivity index (χ1n) is 7.15. The van der Waals surface area contributed by atoms with Crippen molar-refractivity contribution in [3.05, 3.63) is 34.6 Å². The van der Waals surface area contributed by atoms with E-state index < -0.39 is 0 Å². The van der Waals surface area contributed by atoms with Gasteiger partial charge in [-0.05, 0) is 55.3 Å². The summed E-state index contributed by atoms with van der Waals surface area (Å²) in [5.74, 6) is 1.80. The maximum Gasteiger partial charge on any atom is 0.142 e. The lowest BCUT2D eigenvalue weighted by atomic mass is 9.72. The number of hydrogen-bond donors (Lipinski definition) is 1. The molecule has 0 radical (unpaired) electrons. The minimum atomic E-state index is -0.323. The molecule has 0 aliphatic heterocycles. The summed E-state index contributed by atoms with van der Waals surface area (Å²) in [7, 11) is 1.96. The first kappa shape index (κ1) is 14.8. The van der Waals surface area contributed by atoms with Gasteiger partial charge in [0.25, 0.3) is 0 Å². The van der Waals surface area contributed by atoms with Gasteiger partial charge in [-0.15, -0.1) is 0 Å². The summed E-state index contributed by atoms with van der Waals surface area (Å²) in [5, 5.41) is 3.56. The zero-order valence-electron chi connectivity index (χ0n) is 11.9. The summed E-state index contributed by atoms with van der Waals surface area (Å²) >= 11 is 5.76. The molecule has 0 aromatic heterocycles. The molecular formula is C16H23ClFN. The van der Waals surface area contributed by atoms with Crippen molar-refractivity contribution in [1.82, 2.24) is 5.32 Å². The second-order valence-corrected chi connectivity index (χ2v) is 6.37. The Hall–Kier alpha value is -0.600. The van der Waals surface area contributed by atoms with E-state index in [4.69, 9.17) is 11.6 Å². The molecule has 0 saturated heterocycles. The van der Waals surface area contributed by atoms with Gasteiger partial charge in [-0.3, -0.25) is 0 Å². The minimum absolute atomic E-state index is 0.198. The molecule has 19 heavy (non-hydrogen) atoms. The number of benzene rings is 1. The fourth-order valence-electron chi connectivity index (χ4n) is 3.27. The first-order valence-corrected chi connectivity index (χ1v) is 7.53. The smallest absolute Gasteiger partial charge is 0.142 e. The number of rotatable bonds is 3. The summed E-state index contributed by atoms with van der Waals surface area (Å²) in [5.41, 5.74) is 1.01. The summed E-state index contributed by atoms with van der Waals surface area (Å²) in [6.45, 7) is 4.66. The molecule has 1 aromatic rings. The Morgan fingerprint density at radius 1 is 1.26 bits per heavy atom. The van der Waals surface area contributed by atoms with Crippen LogP contribution in [-0.4, -0.2) is 7.05 Å². The number of nitrogens with one attached hydrogen (secondary N) is 1. The molecule has 1 nitrogen and oxygen atoms in total. The molecule has 1 aromatic carbocycles. The van der Waals surface area contributed by atoms with Gasteiger partial charge in [-0.25, -0.2) is 4.39 Å². The van der Waals surface area contributed by atoms with E-state index in [0.29, 0.717) is 5.92 Å². The van der Waals surface area contributed by atoms with Crippen molar-refractivity contribution in [2.24, 2.45) is 17.8 Å². The maximum atomic E-state index is 13.6. The third-order valence-electron chi connectivity index (χ3n) is 4.72. The van der Waals surface area contributed by atoms with E-state index in [-0.39, 0.29) is 16.9 Å². The van der Waals surface area contributed by atoms with E-state index in [1.807, 2.05) is 13.1 Å². The summed E-state index contributed by atoms with van der Waals surface area (Å²) in [6.07, 6.45) is 3.68. The third-order valence-corrected chi connectivity index (χ3v) is 5.03. The molecule has 4 atom stereocenters. The van der Waals surface area contributed by atoms with Crippen LogP contribution in [-0.2, 0) is 0 Å². The highest BCUT2D eigenvalue weighted by Crippen LogP contribution is 2.40. The van der Waals surface area contributed by atoms with Crippen LogP contribution in [0, 0.1) is 23.6 Å². The average molecular weight is 284 g/mol. The molecule has 1 aliphatic carbocycles. The van der Waals surface area contributed by atoms with Crippen LogP contribution in [0.2, 0.25) is 5.02 Å². The van der Waals surface area contributed by atoms with Crippen molar-refractivity contribution >= 4 is 11.6 Å². The van der Waals surface area contributed by atoms with Crippen LogP contribution in [0.3, 0.4) is 0 Å². The lowest BCUT2D eigenvalue weighted by molar-refractivity contribution is 0.174. The van der Waals surface area contributed by atoms with Gasteiger partial charge in [-0.2, -0.15) is 0 Å². The Kier molecular flexibility index (Phi) is 4.86. The minimum Gasteiger partial charge on any atom is -0.313 e. The van der Waals surface area contributed by atoms with Gasteiger partial charge < -0.3 is 5.32 Å². The fraction of sp³-hybridized carbons (Fsp3) is 0.625. The quantitative estimate of drug-likeness (QED) is 0.839. The Labute approximate surface area is 120 Å². The van der Waals surface area contributed by atoms with Crippen LogP contribution in [0.1, 0.15) is 44.7 Å². The molecule has 3 heteroatoms. The van der Waals surface area contributed by atoms with E-state index in [0.717, 1.165) is 17.4 Å². The fourth-order valence-corrected chi connectivity index (χ4v) is 3.39. The van der Waals surface area contributed by atoms with Crippen LogP contribution in [0.25, 0.3) is 0 Å². The molecular weight excluding hydrogens is 261 g/mol. The molecule has 4 unspecified atom stereocenters. The number of hydrogen-bond acceptors (Lipinski definition) is 1. The molecule has 0 amide bonds. The van der Waals surface area contributed by atoms with Crippen LogP contribution in [0.5, 0.6) is 0 Å². The van der Waals surface area contributed by atoms with Crippen LogP contribution < -0.4 is 5.32 Å². The van der Waals surface area contributed by atoms with Crippen molar-refractivity contribution in [3.8, 4) is 0 Å². The molecule has 0 spiro atoms. The van der Waals surface area contributed by atoms with Crippen molar-refractivity contribution in [2.45, 2.75) is 39.2 Å². The predicted molar refractivity (Wildman–Crippen MR) is 78.9 cm³/mol. The SMILES string of the molecule is CNC(c1ccc(Cl)c(F)c1)C1CCC(C)C(C)C1. The van der Waals surface area contributed by atoms with Gasteiger partial charge >= 0.3 is 0 Å². The Morgan fingerprint density at radius 3 is 2.58 bits per heavy atom. The van der Waals surface area contributed by atoms with Gasteiger partial charge in [0, 0.05) is 6.04 Å². The lowest BCUT2D eigenvalue weighted by Crippen LogP contribution is -2.31. The first-order chi connectivity index (χ1) is 9.02. The summed E-state index contributed by atoms with van der Waals surface area (Å²) in [4.78, 5) is 0. The van der Waals surface area contributed by atoms with E-state index in [1.165, 1.54) is 19.3 Å². The lowest BCUT2D eigenvalue weighted by Gasteiger charge is -2.37. The highest BCUT2D eigenvalue weighted by Gasteiger charge is 2.30. The summed E-state index contributed by atoms with van der Waals surface area (Å²) < 4.78 is 13.6. The molecule has 1 aliphatic rings. The van der Waals surface area contributed by atoms with Crippen LogP contribution >= 0.6 is 11.6 Å². The molecule has 1 saturated carbocycles. The van der Waals surface area contributed by atoms with Crippen molar-refractivity contribution in [3.63, 3.8) is 0 Å². The normalized spacial score (nSPS) is 29.2. The summed E-state index contributed by atoms with van der Waals surface area (Å²) in [6, 6.07) is 5.40. The zero-order chi connectivity index (χ0) is 14.0. The second kappa shape index (κ2) is 6.23. The number of halogens is 2. The Bertz CT molecular complexity index is 435. The third kappa shape index (κ3) is 3.29. The molecule has 1 fully saturated rings. The van der Waals surface area contributed by atoms with Crippen LogP contribution in [0.15, 0.2) is 18.2 Å². The maximum absolute atomic E-state index is 13.6. The topological polar surface area (TPSA) is 12.0 Å². The molecule has 1 N–H and O–H groups in total. The van der Waals surface area contributed by atoms with E-state index >= 15 is 0 Å². The van der Waals surface area contributed by atoms with Gasteiger partial charge in [0.05, 0.1) is 5.02 Å². The highest BCUT2D eigenvalue weighted by molar-refractivity contribution is 6.30. The van der Waals surface area contributed by atoms with E-state index in [1.54, 1.807) is 12.1 Å². The molecule has 0 bridgehead atoms. The van der Waals surface area contributed by atoms with Crippen molar-refractivity contribution < 1.29 is 4.39 Å². The van der Waals surface area contributed by atoms with E-state index in [2.05, 4.69) is 19.2 Å². The molecule has 2 rings (SSSR count). The molecule has 106 valence electrons. The van der Waals surface area contributed by atoms with Gasteiger partial charge in [0.2, 0.25) is 0 Å². The standard InChI is InChI=1S/C16H23ClFN/c1-10-4-5-12(8-11(10)2)16(19-3)13-6-7-14(17)15(18)9-13/h6-7,9-12,16,19H,4-5,8H2,1-3H3. The predicted octanol–water partition coefficient (Wildman–Crippen LogP) is 4.81. The second-order valence-electron chi connectivity index (χ2n) is 5.97. The van der Waals surface area contributed by atoms with Crippen molar-refractivity contribution in [2.75, 3.05) is 7.05 Å². The zero-order valence-corrected chi connectivity index (χ0v) is 12.7. The van der Waals surface area contributed by atoms with Gasteiger partial charge in [0.1, 0.15) is 5.82 Å². The highest BCUT2D eigenvalue weighted by atomic mass is 35.5.